The van der Waals surface area contributed by atoms with Crippen LogP contribution >= 0.6 is 0 Å². The van der Waals surface area contributed by atoms with Crippen LogP contribution in [0.2, 0.25) is 0 Å². The van der Waals surface area contributed by atoms with Gasteiger partial charge in [0.2, 0.25) is 10.0 Å². The molecule has 104 valence electrons. The monoisotopic (exact) mass is 284 g/mol. The molecule has 0 aliphatic rings. The molecule has 2 aromatic rings. The van der Waals surface area contributed by atoms with Gasteiger partial charge in [0.05, 0.1) is 23.2 Å². The van der Waals surface area contributed by atoms with E-state index in [1.807, 2.05) is 6.92 Å². The second-order valence-corrected chi connectivity index (χ2v) is 6.30. The quantitative estimate of drug-likeness (QED) is 0.829. The van der Waals surface area contributed by atoms with Crippen LogP contribution in [-0.2, 0) is 17.0 Å². The number of fused-ring (bicyclic) bond motifs is 1. The summed E-state index contributed by atoms with van der Waals surface area (Å²) in [6, 6.07) is 4.74. The molecule has 19 heavy (non-hydrogen) atoms. The highest BCUT2D eigenvalue weighted by Gasteiger charge is 2.10. The lowest BCUT2D eigenvalue weighted by molar-refractivity contribution is 0.596. The van der Waals surface area contributed by atoms with Crippen molar-refractivity contribution in [1.29, 1.82) is 0 Å². The highest BCUT2D eigenvalue weighted by atomic mass is 32.2. The van der Waals surface area contributed by atoms with E-state index in [4.69, 9.17) is 4.11 Å². The van der Waals surface area contributed by atoms with E-state index >= 15 is 0 Å². The van der Waals surface area contributed by atoms with Crippen LogP contribution in [0.15, 0.2) is 24.4 Å². The van der Waals surface area contributed by atoms with Crippen LogP contribution < -0.4 is 4.72 Å². The maximum atomic E-state index is 12.0. The molecule has 6 heteroatoms. The van der Waals surface area contributed by atoms with Crippen LogP contribution in [0.25, 0.3) is 10.9 Å². The zero-order valence-corrected chi connectivity index (χ0v) is 11.6. The van der Waals surface area contributed by atoms with Crippen molar-refractivity contribution < 1.29 is 12.5 Å². The van der Waals surface area contributed by atoms with Crippen molar-refractivity contribution in [1.82, 2.24) is 9.78 Å². The lowest BCUT2D eigenvalue weighted by Gasteiger charge is -2.08. The van der Waals surface area contributed by atoms with Gasteiger partial charge in [-0.15, -0.1) is 0 Å². The van der Waals surface area contributed by atoms with Crippen molar-refractivity contribution in [2.45, 2.75) is 26.2 Å². The first-order valence-electron chi connectivity index (χ1n) is 7.72. The Labute approximate surface area is 117 Å². The van der Waals surface area contributed by atoms with Crippen LogP contribution in [0.3, 0.4) is 0 Å². The third-order valence-corrected chi connectivity index (χ3v) is 4.23. The standard InChI is InChI=1S/C13H19N3O2S/c1-3-4-5-8-19(17,18)15-12-7-6-11-10-14-16(2)13(11)9-12/h6-7,9-10,15H,3-5,8H2,1-2H3/i2D3. The van der Waals surface area contributed by atoms with Crippen LogP contribution in [0.5, 0.6) is 0 Å². The molecular formula is C13H19N3O2S. The molecule has 1 aromatic heterocycles. The van der Waals surface area contributed by atoms with Crippen LogP contribution in [0.4, 0.5) is 5.69 Å². The van der Waals surface area contributed by atoms with Gasteiger partial charge in [0.15, 0.2) is 0 Å². The Kier molecular flexibility index (Phi) is 3.03. The summed E-state index contributed by atoms with van der Waals surface area (Å²) in [4.78, 5) is 0. The molecule has 0 spiro atoms. The number of aryl methyl sites for hydroxylation is 1. The third-order valence-electron chi connectivity index (χ3n) is 2.86. The van der Waals surface area contributed by atoms with Gasteiger partial charge in [0, 0.05) is 16.5 Å². The maximum absolute atomic E-state index is 12.0. The topological polar surface area (TPSA) is 64.0 Å². The fourth-order valence-corrected chi connectivity index (χ4v) is 3.03. The molecule has 0 bridgehead atoms. The number of nitrogens with zero attached hydrogens (tertiary/aromatic N) is 2. The first kappa shape index (κ1) is 10.3. The molecule has 0 saturated carbocycles. The highest BCUT2D eigenvalue weighted by molar-refractivity contribution is 7.92. The van der Waals surface area contributed by atoms with Gasteiger partial charge in [-0.1, -0.05) is 19.8 Å². The Morgan fingerprint density at radius 2 is 2.26 bits per heavy atom. The van der Waals surface area contributed by atoms with Crippen molar-refractivity contribution >= 4 is 26.6 Å². The maximum Gasteiger partial charge on any atom is 0.232 e. The minimum absolute atomic E-state index is 0.0530. The number of aromatic nitrogens is 2. The Morgan fingerprint density at radius 3 is 3.00 bits per heavy atom. The molecule has 2 rings (SSSR count). The van der Waals surface area contributed by atoms with E-state index in [0.29, 0.717) is 23.0 Å². The summed E-state index contributed by atoms with van der Waals surface area (Å²) in [6.07, 6.45) is 3.84. The largest absolute Gasteiger partial charge is 0.283 e. The minimum atomic E-state index is -3.43. The SMILES string of the molecule is [2H]C([2H])([2H])n1ncc2ccc(NS(=O)(=O)CCCCC)cc21. The van der Waals surface area contributed by atoms with E-state index in [-0.39, 0.29) is 5.75 Å². The second kappa shape index (κ2) is 5.61. The molecule has 5 nitrogen and oxygen atoms in total. The van der Waals surface area contributed by atoms with Gasteiger partial charge in [-0.2, -0.15) is 5.10 Å². The van der Waals surface area contributed by atoms with E-state index in [1.165, 1.54) is 12.3 Å². The van der Waals surface area contributed by atoms with Crippen molar-refractivity contribution in [3.05, 3.63) is 24.4 Å². The predicted molar refractivity (Wildman–Crippen MR) is 77.6 cm³/mol. The average molecular weight is 284 g/mol. The summed E-state index contributed by atoms with van der Waals surface area (Å²) < 4.78 is 49.7. The van der Waals surface area contributed by atoms with Gasteiger partial charge in [-0.05, 0) is 24.6 Å². The Balaban J connectivity index is 2.26. The molecule has 0 saturated heterocycles. The van der Waals surface area contributed by atoms with Gasteiger partial charge >= 0.3 is 0 Å². The van der Waals surface area contributed by atoms with E-state index in [1.54, 1.807) is 12.1 Å². The van der Waals surface area contributed by atoms with Crippen LogP contribution in [0.1, 0.15) is 30.3 Å². The molecule has 1 heterocycles. The highest BCUT2D eigenvalue weighted by Crippen LogP contribution is 2.19. The number of hydrogen-bond donors (Lipinski definition) is 1. The first-order valence-corrected chi connectivity index (χ1v) is 7.87. The molecule has 1 aromatic carbocycles. The first-order chi connectivity index (χ1) is 10.2. The molecule has 0 aliphatic heterocycles. The lowest BCUT2D eigenvalue weighted by Crippen LogP contribution is -2.16. The van der Waals surface area contributed by atoms with E-state index in [9.17, 15) is 8.42 Å². The van der Waals surface area contributed by atoms with Gasteiger partial charge in [0.25, 0.3) is 0 Å². The Hall–Kier alpha value is -1.56. The molecule has 1 N–H and O–H groups in total. The van der Waals surface area contributed by atoms with Gasteiger partial charge < -0.3 is 0 Å². The van der Waals surface area contributed by atoms with Crippen molar-refractivity contribution in [2.75, 3.05) is 10.5 Å². The molecule has 0 fully saturated rings. The molecular weight excluding hydrogens is 262 g/mol. The van der Waals surface area contributed by atoms with Crippen molar-refractivity contribution in [3.8, 4) is 0 Å². The zero-order chi connectivity index (χ0) is 16.4. The summed E-state index contributed by atoms with van der Waals surface area (Å²) in [5.41, 5.74) is 0.712. The van der Waals surface area contributed by atoms with Crippen LogP contribution in [-0.4, -0.2) is 24.0 Å². The molecule has 0 amide bonds. The fraction of sp³-hybridized carbons (Fsp3) is 0.462. The smallest absolute Gasteiger partial charge is 0.232 e. The van der Waals surface area contributed by atoms with Crippen molar-refractivity contribution in [2.24, 2.45) is 6.98 Å². The Morgan fingerprint density at radius 1 is 1.42 bits per heavy atom. The summed E-state index contributed by atoms with van der Waals surface area (Å²) in [5.74, 6) is 0.0530. The average Bonchev–Trinajstić information content (AvgIpc) is 2.81. The summed E-state index contributed by atoms with van der Waals surface area (Å²) in [6.45, 7) is -0.398. The van der Waals surface area contributed by atoms with Gasteiger partial charge in [-0.25, -0.2) is 8.42 Å². The van der Waals surface area contributed by atoms with E-state index in [2.05, 4.69) is 9.82 Å². The summed E-state index contributed by atoms with van der Waals surface area (Å²) >= 11 is 0. The number of rotatable bonds is 6. The summed E-state index contributed by atoms with van der Waals surface area (Å²) in [5, 5.41) is 4.49. The molecule has 0 atom stereocenters. The number of anilines is 1. The lowest BCUT2D eigenvalue weighted by atomic mass is 10.2. The third kappa shape index (κ3) is 3.47. The normalized spacial score (nSPS) is 14.9. The van der Waals surface area contributed by atoms with E-state index in [0.717, 1.165) is 17.5 Å². The Bertz CT molecular complexity index is 753. The molecule has 0 radical (unpaired) electrons. The second-order valence-electron chi connectivity index (χ2n) is 4.46. The van der Waals surface area contributed by atoms with Crippen molar-refractivity contribution in [3.63, 3.8) is 0 Å². The van der Waals surface area contributed by atoms with Crippen LogP contribution in [0, 0.1) is 0 Å². The molecule has 0 aliphatic carbocycles. The predicted octanol–water partition coefficient (Wildman–Crippen LogP) is 2.51. The summed E-state index contributed by atoms with van der Waals surface area (Å²) in [7, 11) is -3.43. The number of nitrogens with one attached hydrogen (secondary N) is 1. The number of hydrogen-bond acceptors (Lipinski definition) is 3. The number of sulfonamides is 1. The zero-order valence-electron chi connectivity index (χ0n) is 13.8. The fourth-order valence-electron chi connectivity index (χ4n) is 1.85. The minimum Gasteiger partial charge on any atom is -0.283 e. The number of benzene rings is 1. The molecule has 0 unspecified atom stereocenters. The van der Waals surface area contributed by atoms with E-state index < -0.39 is 17.0 Å². The van der Waals surface area contributed by atoms with Gasteiger partial charge in [-0.3, -0.25) is 9.40 Å². The number of unbranched alkanes of at least 4 members (excludes halogenated alkanes) is 2. The van der Waals surface area contributed by atoms with Gasteiger partial charge in [0.1, 0.15) is 0 Å².